The lowest BCUT2D eigenvalue weighted by Gasteiger charge is -2.21. The maximum Gasteiger partial charge on any atom is 0.293 e. The van der Waals surface area contributed by atoms with E-state index in [1.165, 1.54) is 154 Å². The third-order valence-corrected chi connectivity index (χ3v) is 19.9. The zero-order valence-electron chi connectivity index (χ0n) is 47.3. The second-order valence-electron chi connectivity index (χ2n) is 25.3. The van der Waals surface area contributed by atoms with Crippen molar-refractivity contribution in [3.63, 3.8) is 0 Å². The van der Waals surface area contributed by atoms with Crippen molar-refractivity contribution < 1.29 is 27.9 Å². The van der Waals surface area contributed by atoms with Crippen molar-refractivity contribution in [1.82, 2.24) is 0 Å². The van der Waals surface area contributed by atoms with Gasteiger partial charge < -0.3 is 14.2 Å². The summed E-state index contributed by atoms with van der Waals surface area (Å²) < 4.78 is 26.4. The van der Waals surface area contributed by atoms with Crippen LogP contribution in [-0.2, 0) is 36.4 Å². The zero-order chi connectivity index (χ0) is 55.4. The first kappa shape index (κ1) is 47.0. The SMILES string of the molecule is CC1(C)c2cc3ccc4ccccc4c3c3c2-c2c1cc1ccccc1[n+]2CO3.CC1(C)c2cc3ccc4ccccc4c3c3c2-c2c1cc1ccccc1[n+]2CO3.CC1(C)c2cc3ccc4ccccc4c3c3c2-c2c1ccc[n+]2CO3. The van der Waals surface area contributed by atoms with E-state index in [1.807, 2.05) is 0 Å². The smallest absolute Gasteiger partial charge is 0.293 e. The number of hydrogen-bond donors (Lipinski definition) is 0. The number of ether oxygens (including phenoxy) is 3. The molecule has 0 saturated carbocycles. The molecular formula is C77H58N3O3+3. The highest BCUT2D eigenvalue weighted by Crippen LogP contribution is 2.59. The highest BCUT2D eigenvalue weighted by atomic mass is 16.5. The maximum absolute atomic E-state index is 6.55. The van der Waals surface area contributed by atoms with Crippen LogP contribution in [0.15, 0.2) is 206 Å². The van der Waals surface area contributed by atoms with Crippen molar-refractivity contribution in [2.75, 3.05) is 0 Å². The minimum atomic E-state index is -0.0568. The second-order valence-corrected chi connectivity index (χ2v) is 25.3. The van der Waals surface area contributed by atoms with E-state index in [2.05, 4.69) is 262 Å². The van der Waals surface area contributed by atoms with Gasteiger partial charge in [0.15, 0.2) is 6.20 Å². The van der Waals surface area contributed by atoms with Gasteiger partial charge in [-0.25, -0.2) is 0 Å². The summed E-state index contributed by atoms with van der Waals surface area (Å²) in [5, 5.41) is 17.6. The van der Waals surface area contributed by atoms with Crippen LogP contribution >= 0.6 is 0 Å². The number of nitrogens with zero attached hydrogens (tertiary/aromatic N) is 3. The first-order chi connectivity index (χ1) is 40.4. The maximum atomic E-state index is 6.55. The largest absolute Gasteiger partial charge is 0.434 e. The Bertz CT molecular complexity index is 5090. The summed E-state index contributed by atoms with van der Waals surface area (Å²) in [6.07, 6.45) is 2.13. The number of benzene rings is 11. The van der Waals surface area contributed by atoms with Gasteiger partial charge in [-0.15, -0.1) is 0 Å². The summed E-state index contributed by atoms with van der Waals surface area (Å²) in [5.74, 6) is 3.16. The molecule has 0 saturated heterocycles. The Labute approximate surface area is 480 Å². The molecule has 3 aromatic heterocycles. The van der Waals surface area contributed by atoms with Crippen molar-refractivity contribution in [3.05, 3.63) is 240 Å². The van der Waals surface area contributed by atoms with Crippen molar-refractivity contribution in [1.29, 1.82) is 0 Å². The predicted octanol–water partition coefficient (Wildman–Crippen LogP) is 17.1. The topological polar surface area (TPSA) is 39.3 Å². The van der Waals surface area contributed by atoms with Gasteiger partial charge in [-0.2, -0.15) is 13.7 Å². The van der Waals surface area contributed by atoms with Crippen molar-refractivity contribution in [3.8, 4) is 51.0 Å². The van der Waals surface area contributed by atoms with Gasteiger partial charge in [-0.05, 0) is 114 Å². The Balaban J connectivity index is 0.0000000954. The molecule has 0 atom stereocenters. The molecule has 6 heterocycles. The molecule has 0 fully saturated rings. The van der Waals surface area contributed by atoms with E-state index in [9.17, 15) is 0 Å². The minimum absolute atomic E-state index is 0.00401. The van der Waals surface area contributed by atoms with Crippen LogP contribution in [0.5, 0.6) is 17.2 Å². The molecule has 3 aliphatic carbocycles. The summed E-state index contributed by atoms with van der Waals surface area (Å²) in [6, 6.07) is 72.9. The molecule has 0 spiro atoms. The predicted molar refractivity (Wildman–Crippen MR) is 335 cm³/mol. The third kappa shape index (κ3) is 6.15. The van der Waals surface area contributed by atoms with E-state index >= 15 is 0 Å². The van der Waals surface area contributed by atoms with E-state index < -0.39 is 0 Å². The Hall–Kier alpha value is -9.65. The van der Waals surface area contributed by atoms with Gasteiger partial charge >= 0.3 is 0 Å². The van der Waals surface area contributed by atoms with Crippen molar-refractivity contribution in [2.24, 2.45) is 0 Å². The van der Waals surface area contributed by atoms with Crippen LogP contribution in [0.2, 0.25) is 0 Å². The summed E-state index contributed by atoms with van der Waals surface area (Å²) in [6.45, 7) is 15.7. The first-order valence-corrected chi connectivity index (χ1v) is 29.3. The third-order valence-electron chi connectivity index (χ3n) is 19.9. The van der Waals surface area contributed by atoms with E-state index in [0.29, 0.717) is 20.2 Å². The monoisotopic (exact) mass is 1070 g/mol. The van der Waals surface area contributed by atoms with Gasteiger partial charge in [0.1, 0.15) is 17.2 Å². The van der Waals surface area contributed by atoms with Gasteiger partial charge in [-0.3, -0.25) is 0 Å². The normalized spacial score (nSPS) is 15.8. The van der Waals surface area contributed by atoms with Crippen LogP contribution in [0.4, 0.5) is 0 Å². The molecule has 0 N–H and O–H groups in total. The summed E-state index contributed by atoms with van der Waals surface area (Å²) >= 11 is 0. The van der Waals surface area contributed by atoms with Gasteiger partial charge in [0, 0.05) is 78.1 Å². The molecular weight excluding hydrogens is 1010 g/mol. The standard InChI is InChI=1S/2C27H20NO.C23H18NO/c2*1-27(2)20-14-18-12-11-16-7-3-5-9-19(16)23(18)26-24(20)25-21(27)13-17-8-4-6-10-22(17)28(25)15-29-26;1-23(2)17-8-5-11-24-13-25-22-19-15(12-18(23)20(22)21(17)24)10-9-14-6-3-4-7-16(14)19/h2*3-14H,15H2,1-2H3;3-12H,13H2,1-2H3/q3*+1. The number of hydrogen-bond acceptors (Lipinski definition) is 3. The fourth-order valence-corrected chi connectivity index (χ4v) is 15.7. The average Bonchev–Trinajstić information content (AvgIpc) is 2.66. The van der Waals surface area contributed by atoms with Gasteiger partial charge in [-0.1, -0.05) is 175 Å². The minimum Gasteiger partial charge on any atom is -0.434 e. The molecule has 0 amide bonds. The van der Waals surface area contributed by atoms with E-state index in [0.717, 1.165) is 17.2 Å². The summed E-state index contributed by atoms with van der Waals surface area (Å²) in [4.78, 5) is 0. The molecule has 14 aromatic rings. The first-order valence-electron chi connectivity index (χ1n) is 29.3. The number of fused-ring (bicyclic) bond motifs is 16. The molecule has 0 radical (unpaired) electrons. The fraction of sp³-hybridized carbons (Fsp3) is 0.156. The number of aromatic nitrogens is 3. The highest BCUT2D eigenvalue weighted by Gasteiger charge is 2.50. The Kier molecular flexibility index (Phi) is 9.23. The van der Waals surface area contributed by atoms with Crippen LogP contribution < -0.4 is 27.9 Å². The molecule has 83 heavy (non-hydrogen) atoms. The quantitative estimate of drug-likeness (QED) is 0.112. The van der Waals surface area contributed by atoms with E-state index in [-0.39, 0.29) is 16.2 Å². The number of pyridine rings is 3. The fourth-order valence-electron chi connectivity index (χ4n) is 15.7. The van der Waals surface area contributed by atoms with Crippen LogP contribution in [0.25, 0.3) is 120 Å². The molecule has 0 bridgehead atoms. The lowest BCUT2D eigenvalue weighted by atomic mass is 9.81. The Morgan fingerprint density at radius 1 is 0.301 bits per heavy atom. The number of para-hydroxylation sites is 2. The Morgan fingerprint density at radius 3 is 1.07 bits per heavy atom. The van der Waals surface area contributed by atoms with Gasteiger partial charge in [0.25, 0.3) is 20.2 Å². The molecule has 6 heteroatoms. The molecule has 396 valence electrons. The molecule has 11 aromatic carbocycles. The molecule has 6 aliphatic rings. The molecule has 0 unspecified atom stereocenters. The van der Waals surface area contributed by atoms with Gasteiger partial charge in [0.2, 0.25) is 28.1 Å². The number of rotatable bonds is 0. The molecule has 20 rings (SSSR count). The lowest BCUT2D eigenvalue weighted by molar-refractivity contribution is -0.717. The van der Waals surface area contributed by atoms with Crippen LogP contribution in [0.3, 0.4) is 0 Å². The summed E-state index contributed by atoms with van der Waals surface area (Å²) in [7, 11) is 0. The van der Waals surface area contributed by atoms with Gasteiger partial charge in [0.05, 0.1) is 16.7 Å². The second kappa shape index (κ2) is 16.3. The van der Waals surface area contributed by atoms with E-state index in [4.69, 9.17) is 14.2 Å². The van der Waals surface area contributed by atoms with E-state index in [1.54, 1.807) is 0 Å². The van der Waals surface area contributed by atoms with Crippen LogP contribution in [0.1, 0.15) is 74.9 Å². The summed E-state index contributed by atoms with van der Waals surface area (Å²) in [5.41, 5.74) is 18.5. The molecule has 6 nitrogen and oxygen atoms in total. The molecule has 3 aliphatic heterocycles. The average molecular weight is 1070 g/mol. The van der Waals surface area contributed by atoms with Crippen LogP contribution in [0, 0.1) is 0 Å². The Morgan fingerprint density at radius 2 is 0.639 bits per heavy atom. The van der Waals surface area contributed by atoms with Crippen molar-refractivity contribution in [2.45, 2.75) is 78.0 Å². The highest BCUT2D eigenvalue weighted by molar-refractivity contribution is 6.17. The van der Waals surface area contributed by atoms with Crippen LogP contribution in [-0.4, -0.2) is 0 Å². The zero-order valence-corrected chi connectivity index (χ0v) is 47.3. The lowest BCUT2D eigenvalue weighted by Crippen LogP contribution is -2.42. The van der Waals surface area contributed by atoms with Crippen molar-refractivity contribution >= 4 is 86.4 Å².